The summed E-state index contributed by atoms with van der Waals surface area (Å²) in [5, 5.41) is 5.73. The van der Waals surface area contributed by atoms with Crippen LogP contribution in [-0.2, 0) is 4.74 Å². The third-order valence-electron chi connectivity index (χ3n) is 10.5. The van der Waals surface area contributed by atoms with E-state index < -0.39 is 0 Å². The zero-order valence-corrected chi connectivity index (χ0v) is 25.1. The smallest absolute Gasteiger partial charge is 0.174 e. The Balaban J connectivity index is 1.22. The lowest BCUT2D eigenvalue weighted by atomic mass is 10.0. The number of nitrogens with zero attached hydrogens (tertiary/aromatic N) is 9. The van der Waals surface area contributed by atoms with Crippen LogP contribution in [0.3, 0.4) is 0 Å². The van der Waals surface area contributed by atoms with Crippen molar-refractivity contribution in [3.05, 3.63) is 0 Å². The van der Waals surface area contributed by atoms with Crippen LogP contribution in [0.1, 0.15) is 25.7 Å². The topological polar surface area (TPSA) is 49.3 Å². The fraction of sp³-hybridized carbons (Fsp3) is 1.00. The monoisotopic (exact) mass is 546 g/mol. The molecule has 10 heteroatoms. The molecule has 0 N–H and O–H groups in total. The molecule has 0 amide bonds. The van der Waals surface area contributed by atoms with E-state index in [2.05, 4.69) is 46.2 Å². The minimum atomic E-state index is -0.265. The van der Waals surface area contributed by atoms with Crippen LogP contribution in [0.25, 0.3) is 0 Å². The van der Waals surface area contributed by atoms with Crippen LogP contribution < -0.4 is 5.32 Å². The van der Waals surface area contributed by atoms with E-state index in [9.17, 15) is 0 Å². The van der Waals surface area contributed by atoms with Gasteiger partial charge in [-0.05, 0) is 45.8 Å². The van der Waals surface area contributed by atoms with Crippen molar-refractivity contribution in [2.75, 3.05) is 145 Å². The summed E-state index contributed by atoms with van der Waals surface area (Å²) in [5.74, 6) is -0.265. The number of likely N-dealkylation sites (tertiary alicyclic amines) is 1. The molecule has 1 aliphatic carbocycles. The highest BCUT2D eigenvalue weighted by molar-refractivity contribution is 5.05. The summed E-state index contributed by atoms with van der Waals surface area (Å²) in [6.07, 6.45) is 5.88. The van der Waals surface area contributed by atoms with Crippen LogP contribution in [0.4, 0.5) is 0 Å². The van der Waals surface area contributed by atoms with Crippen molar-refractivity contribution in [2.24, 2.45) is 0 Å². The molecule has 2 unspecified atom stereocenters. The second-order valence-corrected chi connectivity index (χ2v) is 12.9. The van der Waals surface area contributed by atoms with Gasteiger partial charge in [0.25, 0.3) is 0 Å². The third-order valence-corrected chi connectivity index (χ3v) is 10.5. The Hall–Kier alpha value is -0.400. The van der Waals surface area contributed by atoms with E-state index in [0.29, 0.717) is 6.17 Å². The Morgan fingerprint density at radius 1 is 0.667 bits per heavy atom. The first-order valence-corrected chi connectivity index (χ1v) is 16.2. The van der Waals surface area contributed by atoms with E-state index in [1.54, 1.807) is 0 Å². The molecule has 5 aliphatic heterocycles. The predicted molar refractivity (Wildman–Crippen MR) is 156 cm³/mol. The Kier molecular flexibility index (Phi) is 9.77. The maximum absolute atomic E-state index is 5.73. The van der Waals surface area contributed by atoms with Gasteiger partial charge in [0.15, 0.2) is 5.79 Å². The molecule has 6 fully saturated rings. The van der Waals surface area contributed by atoms with Crippen molar-refractivity contribution in [3.63, 3.8) is 0 Å². The molecule has 223 valence electrons. The average molecular weight is 547 g/mol. The van der Waals surface area contributed by atoms with Crippen molar-refractivity contribution in [1.82, 2.24) is 44.5 Å². The zero-order chi connectivity index (χ0) is 26.7. The van der Waals surface area contributed by atoms with Gasteiger partial charge < -0.3 is 14.5 Å². The first-order valence-electron chi connectivity index (χ1n) is 16.2. The van der Waals surface area contributed by atoms with E-state index in [1.807, 2.05) is 7.11 Å². The molecule has 0 bridgehead atoms. The lowest BCUT2D eigenvalue weighted by molar-refractivity contribution is -0.220. The number of ether oxygens (including phenoxy) is 1. The molecular weight excluding hydrogens is 490 g/mol. The molecule has 6 rings (SSSR count). The number of rotatable bonds is 10. The molecule has 0 aromatic carbocycles. The standard InChI is InChI=1S/C29H56N9O/c1-31-11-17-36(18-12-31)28-29(30-7-10-35(28)25-26-39-2,38-23-19-34(20-24-38)27-5-6-27)37-21-15-33(16-22-37)14-13-32-8-3-4-9-32/h27-28H,3-26H2,1-2H3. The highest BCUT2D eigenvalue weighted by Crippen LogP contribution is 2.36. The van der Waals surface area contributed by atoms with Gasteiger partial charge in [-0.15, -0.1) is 0 Å². The summed E-state index contributed by atoms with van der Waals surface area (Å²) in [6.45, 7) is 22.6. The minimum Gasteiger partial charge on any atom is -0.383 e. The molecule has 39 heavy (non-hydrogen) atoms. The fourth-order valence-electron chi connectivity index (χ4n) is 7.95. The number of methoxy groups -OCH3 is 1. The molecule has 10 nitrogen and oxygen atoms in total. The number of piperazine rings is 4. The lowest BCUT2D eigenvalue weighted by Gasteiger charge is -2.63. The number of hydrogen-bond donors (Lipinski definition) is 0. The lowest BCUT2D eigenvalue weighted by Crippen LogP contribution is -2.84. The molecule has 6 aliphatic rings. The van der Waals surface area contributed by atoms with Gasteiger partial charge in [0.05, 0.1) is 6.61 Å². The van der Waals surface area contributed by atoms with E-state index in [1.165, 1.54) is 78.0 Å². The van der Waals surface area contributed by atoms with Gasteiger partial charge in [0, 0.05) is 124 Å². The van der Waals surface area contributed by atoms with Crippen molar-refractivity contribution >= 4 is 0 Å². The summed E-state index contributed by atoms with van der Waals surface area (Å²) in [6, 6.07) is 0.858. The first-order chi connectivity index (χ1) is 19.2. The molecule has 1 saturated carbocycles. The molecule has 5 heterocycles. The Morgan fingerprint density at radius 2 is 1.26 bits per heavy atom. The van der Waals surface area contributed by atoms with Crippen LogP contribution in [0.2, 0.25) is 0 Å². The van der Waals surface area contributed by atoms with Gasteiger partial charge in [0.1, 0.15) is 6.17 Å². The number of likely N-dealkylation sites (N-methyl/N-ethyl adjacent to an activating group) is 1. The molecule has 0 spiro atoms. The van der Waals surface area contributed by atoms with Crippen molar-refractivity contribution in [3.8, 4) is 0 Å². The molecule has 2 atom stereocenters. The third kappa shape index (κ3) is 6.50. The largest absolute Gasteiger partial charge is 0.383 e. The molecule has 1 radical (unpaired) electrons. The second kappa shape index (κ2) is 13.3. The fourth-order valence-corrected chi connectivity index (χ4v) is 7.95. The first kappa shape index (κ1) is 28.7. The van der Waals surface area contributed by atoms with Crippen LogP contribution >= 0.6 is 0 Å². The van der Waals surface area contributed by atoms with Gasteiger partial charge in [-0.25, -0.2) is 5.32 Å². The van der Waals surface area contributed by atoms with Crippen molar-refractivity contribution < 1.29 is 4.74 Å². The van der Waals surface area contributed by atoms with Gasteiger partial charge in [-0.2, -0.15) is 0 Å². The van der Waals surface area contributed by atoms with Crippen molar-refractivity contribution in [2.45, 2.75) is 43.7 Å². The SMILES string of the molecule is COCCN1CC[N]C(N2CCN(CCN3CCCC3)CC2)(N2CCN(C3CC3)CC2)C1N1CCN(C)CC1. The van der Waals surface area contributed by atoms with Gasteiger partial charge in [-0.1, -0.05) is 0 Å². The molecule has 5 saturated heterocycles. The zero-order valence-electron chi connectivity index (χ0n) is 25.1. The maximum Gasteiger partial charge on any atom is 0.174 e. The minimum absolute atomic E-state index is 0.265. The second-order valence-electron chi connectivity index (χ2n) is 12.9. The summed E-state index contributed by atoms with van der Waals surface area (Å²) >= 11 is 0. The molecular formula is C29H56N9O. The Morgan fingerprint density at radius 3 is 1.87 bits per heavy atom. The highest BCUT2D eigenvalue weighted by atomic mass is 16.5. The van der Waals surface area contributed by atoms with Crippen LogP contribution in [-0.4, -0.2) is 202 Å². The molecule has 0 aromatic rings. The number of hydrogen-bond acceptors (Lipinski definition) is 9. The normalized spacial score (nSPS) is 34.8. The van der Waals surface area contributed by atoms with Gasteiger partial charge in [-0.3, -0.25) is 29.4 Å². The van der Waals surface area contributed by atoms with Crippen molar-refractivity contribution in [1.29, 1.82) is 0 Å². The van der Waals surface area contributed by atoms with Gasteiger partial charge in [0.2, 0.25) is 0 Å². The van der Waals surface area contributed by atoms with E-state index in [4.69, 9.17) is 10.1 Å². The Labute approximate surface area is 238 Å². The highest BCUT2D eigenvalue weighted by Gasteiger charge is 2.57. The Bertz CT molecular complexity index is 736. The summed E-state index contributed by atoms with van der Waals surface area (Å²) < 4.78 is 5.64. The quantitative estimate of drug-likeness (QED) is 0.353. The van der Waals surface area contributed by atoms with E-state index in [-0.39, 0.29) is 5.79 Å². The maximum atomic E-state index is 5.73. The van der Waals surface area contributed by atoms with Crippen LogP contribution in [0.15, 0.2) is 0 Å². The average Bonchev–Trinajstić information content (AvgIpc) is 3.70. The van der Waals surface area contributed by atoms with Gasteiger partial charge >= 0.3 is 0 Å². The molecule has 0 aromatic heterocycles. The summed E-state index contributed by atoms with van der Waals surface area (Å²) in [7, 11) is 4.13. The van der Waals surface area contributed by atoms with E-state index >= 15 is 0 Å². The van der Waals surface area contributed by atoms with Crippen LogP contribution in [0.5, 0.6) is 0 Å². The van der Waals surface area contributed by atoms with Crippen LogP contribution in [0, 0.1) is 0 Å². The van der Waals surface area contributed by atoms with E-state index in [0.717, 1.165) is 84.6 Å². The summed E-state index contributed by atoms with van der Waals surface area (Å²) in [4.78, 5) is 21.8. The summed E-state index contributed by atoms with van der Waals surface area (Å²) in [5.41, 5.74) is 0. The predicted octanol–water partition coefficient (Wildman–Crippen LogP) is -0.726.